The summed E-state index contributed by atoms with van der Waals surface area (Å²) >= 11 is 9.10. The largest absolute Gasteiger partial charge is 0.502 e. The first-order valence-corrected chi connectivity index (χ1v) is 9.45. The molecule has 3 aromatic carbocycles. The van der Waals surface area contributed by atoms with Crippen molar-refractivity contribution >= 4 is 56.2 Å². The Bertz CT molecular complexity index is 1270. The highest BCUT2D eigenvalue weighted by atomic mass is 79.9. The van der Waals surface area contributed by atoms with Crippen molar-refractivity contribution in [1.82, 2.24) is 4.98 Å². The van der Waals surface area contributed by atoms with Gasteiger partial charge in [0.05, 0.1) is 10.6 Å². The summed E-state index contributed by atoms with van der Waals surface area (Å²) in [6.45, 7) is 0. The molecule has 1 N–H and O–H groups in total. The van der Waals surface area contributed by atoms with Crippen LogP contribution in [0.4, 0.5) is 11.4 Å². The minimum atomic E-state index is -0.656. The molecule has 0 saturated heterocycles. The molecule has 1 heterocycles. The maximum Gasteiger partial charge on any atom is 0.312 e. The lowest BCUT2D eigenvalue weighted by atomic mass is 10.2. The molecular weight excluding hydrogens is 462 g/mol. The molecule has 0 bridgehead atoms. The van der Waals surface area contributed by atoms with Gasteiger partial charge >= 0.3 is 5.69 Å². The van der Waals surface area contributed by atoms with Gasteiger partial charge in [0.2, 0.25) is 11.6 Å². The summed E-state index contributed by atoms with van der Waals surface area (Å²) in [5.74, 6) is 0.00535. The summed E-state index contributed by atoms with van der Waals surface area (Å²) in [5, 5.41) is 21.8. The van der Waals surface area contributed by atoms with E-state index in [-0.39, 0.29) is 5.56 Å². The molecule has 29 heavy (non-hydrogen) atoms. The van der Waals surface area contributed by atoms with Gasteiger partial charge in [-0.3, -0.25) is 15.1 Å². The van der Waals surface area contributed by atoms with E-state index >= 15 is 0 Å². The monoisotopic (exact) mass is 471 g/mol. The van der Waals surface area contributed by atoms with Gasteiger partial charge in [0.1, 0.15) is 5.52 Å². The van der Waals surface area contributed by atoms with Crippen LogP contribution in [-0.2, 0) is 0 Å². The zero-order valence-electron chi connectivity index (χ0n) is 14.5. The third-order valence-electron chi connectivity index (χ3n) is 4.10. The van der Waals surface area contributed by atoms with E-state index in [1.807, 2.05) is 12.1 Å². The summed E-state index contributed by atoms with van der Waals surface area (Å²) in [6.07, 6.45) is 1.35. The number of phenolic OH excluding ortho intramolecular Hbond substituents is 1. The predicted octanol–water partition coefficient (Wildman–Crippen LogP) is 6.28. The number of halogens is 2. The maximum absolute atomic E-state index is 11.0. The lowest BCUT2D eigenvalue weighted by Gasteiger charge is -2.01. The van der Waals surface area contributed by atoms with Crippen LogP contribution in [0.15, 0.2) is 68.5 Å². The molecule has 0 radical (unpaired) electrons. The number of hydrogen-bond donors (Lipinski definition) is 1. The van der Waals surface area contributed by atoms with Gasteiger partial charge in [-0.25, -0.2) is 4.98 Å². The normalized spacial score (nSPS) is 11.4. The summed E-state index contributed by atoms with van der Waals surface area (Å²) < 4.78 is 6.27. The van der Waals surface area contributed by atoms with Crippen LogP contribution in [0.5, 0.6) is 5.75 Å². The SMILES string of the molecule is O=[N+]([O-])c1cc(Br)cc(C=Nc2ccc3nc(-c4ccc(Cl)cc4)oc3c2)c1O. The fourth-order valence-electron chi connectivity index (χ4n) is 2.70. The quantitative estimate of drug-likeness (QED) is 0.214. The number of fused-ring (bicyclic) bond motifs is 1. The van der Waals surface area contributed by atoms with Gasteiger partial charge < -0.3 is 9.52 Å². The third-order valence-corrected chi connectivity index (χ3v) is 4.81. The first-order chi connectivity index (χ1) is 13.9. The van der Waals surface area contributed by atoms with Crippen molar-refractivity contribution in [3.63, 3.8) is 0 Å². The van der Waals surface area contributed by atoms with Gasteiger partial charge in [0, 0.05) is 39.0 Å². The molecule has 0 aliphatic heterocycles. The average Bonchev–Trinajstić information content (AvgIpc) is 3.12. The van der Waals surface area contributed by atoms with Gasteiger partial charge in [-0.1, -0.05) is 27.5 Å². The number of aromatic nitrogens is 1. The topological polar surface area (TPSA) is 102 Å². The Kier molecular flexibility index (Phi) is 5.04. The first-order valence-electron chi connectivity index (χ1n) is 8.28. The van der Waals surface area contributed by atoms with Crippen LogP contribution in [-0.4, -0.2) is 21.2 Å². The van der Waals surface area contributed by atoms with E-state index in [0.717, 1.165) is 5.56 Å². The van der Waals surface area contributed by atoms with Crippen LogP contribution in [0.3, 0.4) is 0 Å². The van der Waals surface area contributed by atoms with Crippen LogP contribution in [0, 0.1) is 10.1 Å². The van der Waals surface area contributed by atoms with Crippen LogP contribution in [0.2, 0.25) is 5.02 Å². The lowest BCUT2D eigenvalue weighted by molar-refractivity contribution is -0.385. The third kappa shape index (κ3) is 3.98. The second-order valence-electron chi connectivity index (χ2n) is 6.06. The number of benzene rings is 3. The minimum Gasteiger partial charge on any atom is -0.502 e. The standard InChI is InChI=1S/C20H11BrClN3O4/c21-13-7-12(19(26)17(8-13)25(27)28)10-23-15-5-6-16-18(9-15)29-20(24-16)11-1-3-14(22)4-2-11/h1-10,26H. The predicted molar refractivity (Wildman–Crippen MR) is 114 cm³/mol. The van der Waals surface area contributed by atoms with Crippen LogP contribution < -0.4 is 0 Å². The Hall–Kier alpha value is -3.23. The summed E-state index contributed by atoms with van der Waals surface area (Å²) in [6, 6.07) is 15.1. The second kappa shape index (κ2) is 7.65. The highest BCUT2D eigenvalue weighted by Crippen LogP contribution is 2.33. The van der Waals surface area contributed by atoms with Gasteiger partial charge in [-0.05, 0) is 42.5 Å². The second-order valence-corrected chi connectivity index (χ2v) is 7.41. The van der Waals surface area contributed by atoms with E-state index < -0.39 is 16.4 Å². The molecule has 0 spiro atoms. The van der Waals surface area contributed by atoms with E-state index in [1.54, 1.807) is 30.3 Å². The van der Waals surface area contributed by atoms with Crippen LogP contribution in [0.25, 0.3) is 22.6 Å². The number of nitro groups is 1. The highest BCUT2D eigenvalue weighted by Gasteiger charge is 2.17. The van der Waals surface area contributed by atoms with Crippen molar-refractivity contribution in [1.29, 1.82) is 0 Å². The molecule has 0 unspecified atom stereocenters. The summed E-state index contributed by atoms with van der Waals surface area (Å²) in [4.78, 5) is 19.1. The van der Waals surface area contributed by atoms with Crippen molar-refractivity contribution in [2.24, 2.45) is 4.99 Å². The molecule has 9 heteroatoms. The van der Waals surface area contributed by atoms with Crippen molar-refractivity contribution < 1.29 is 14.4 Å². The van der Waals surface area contributed by atoms with Gasteiger partial charge in [-0.2, -0.15) is 0 Å². The number of hydrogen-bond acceptors (Lipinski definition) is 6. The molecule has 144 valence electrons. The Morgan fingerprint density at radius 1 is 1.17 bits per heavy atom. The maximum atomic E-state index is 11.0. The van der Waals surface area contributed by atoms with Crippen LogP contribution >= 0.6 is 27.5 Å². The fraction of sp³-hybridized carbons (Fsp3) is 0. The average molecular weight is 473 g/mol. The number of rotatable bonds is 4. The Balaban J connectivity index is 1.67. The summed E-state index contributed by atoms with van der Waals surface area (Å²) in [7, 11) is 0. The molecule has 4 aromatic rings. The number of nitrogens with zero attached hydrogens (tertiary/aromatic N) is 3. The molecule has 7 nitrogen and oxygen atoms in total. The number of aliphatic imine (C=N–C) groups is 1. The molecule has 1 aromatic heterocycles. The van der Waals surface area contributed by atoms with E-state index in [0.29, 0.717) is 32.2 Å². The minimum absolute atomic E-state index is 0.214. The van der Waals surface area contributed by atoms with Crippen molar-refractivity contribution in [3.05, 3.63) is 79.8 Å². The first kappa shape index (κ1) is 19.1. The highest BCUT2D eigenvalue weighted by molar-refractivity contribution is 9.10. The molecule has 0 atom stereocenters. The molecule has 0 aliphatic rings. The van der Waals surface area contributed by atoms with E-state index in [9.17, 15) is 15.2 Å². The number of aromatic hydroxyl groups is 1. The smallest absolute Gasteiger partial charge is 0.312 e. The van der Waals surface area contributed by atoms with Crippen molar-refractivity contribution in [3.8, 4) is 17.2 Å². The molecule has 0 saturated carbocycles. The Morgan fingerprint density at radius 2 is 1.93 bits per heavy atom. The van der Waals surface area contributed by atoms with E-state index in [1.165, 1.54) is 18.3 Å². The zero-order chi connectivity index (χ0) is 20.5. The molecule has 0 aliphatic carbocycles. The molecule has 4 rings (SSSR count). The van der Waals surface area contributed by atoms with Gasteiger partial charge in [-0.15, -0.1) is 0 Å². The number of oxazole rings is 1. The van der Waals surface area contributed by atoms with Crippen LogP contribution in [0.1, 0.15) is 5.56 Å². The van der Waals surface area contributed by atoms with Gasteiger partial charge in [0.25, 0.3) is 0 Å². The van der Waals surface area contributed by atoms with E-state index in [2.05, 4.69) is 25.9 Å². The molecule has 0 fully saturated rings. The Labute approximate surface area is 177 Å². The summed E-state index contributed by atoms with van der Waals surface area (Å²) in [5.41, 5.74) is 2.34. The van der Waals surface area contributed by atoms with Crippen molar-refractivity contribution in [2.75, 3.05) is 0 Å². The molecule has 0 amide bonds. The lowest BCUT2D eigenvalue weighted by Crippen LogP contribution is -1.92. The number of phenols is 1. The fourth-order valence-corrected chi connectivity index (χ4v) is 3.29. The number of nitro benzene ring substituents is 1. The van der Waals surface area contributed by atoms with Gasteiger partial charge in [0.15, 0.2) is 5.58 Å². The van der Waals surface area contributed by atoms with E-state index in [4.69, 9.17) is 16.0 Å². The Morgan fingerprint density at radius 3 is 2.66 bits per heavy atom. The zero-order valence-corrected chi connectivity index (χ0v) is 16.9. The molecular formula is C20H11BrClN3O4. The van der Waals surface area contributed by atoms with Crippen molar-refractivity contribution in [2.45, 2.75) is 0 Å².